The van der Waals surface area contributed by atoms with Crippen molar-refractivity contribution in [3.8, 4) is 17.9 Å². The van der Waals surface area contributed by atoms with E-state index in [1.54, 1.807) is 18.3 Å². The third-order valence-electron chi connectivity index (χ3n) is 6.40. The Hall–Kier alpha value is -3.15. The fourth-order valence-corrected chi connectivity index (χ4v) is 4.72. The van der Waals surface area contributed by atoms with Gasteiger partial charge in [0.2, 0.25) is 5.91 Å². The van der Waals surface area contributed by atoms with E-state index in [9.17, 15) is 15.2 Å². The van der Waals surface area contributed by atoms with Crippen molar-refractivity contribution in [3.05, 3.63) is 65.5 Å². The summed E-state index contributed by atoms with van der Waals surface area (Å²) in [5, 5.41) is 19.7. The van der Waals surface area contributed by atoms with Gasteiger partial charge >= 0.3 is 0 Å². The van der Waals surface area contributed by atoms with E-state index in [1.165, 1.54) is 37.0 Å². The van der Waals surface area contributed by atoms with E-state index < -0.39 is 12.1 Å². The molecule has 1 N–H and O–H groups in total. The first-order valence-corrected chi connectivity index (χ1v) is 11.0. The first-order chi connectivity index (χ1) is 15.2. The predicted octanol–water partition coefficient (Wildman–Crippen LogP) is 3.43. The van der Waals surface area contributed by atoms with Crippen molar-refractivity contribution in [1.82, 2.24) is 9.88 Å². The van der Waals surface area contributed by atoms with Gasteiger partial charge in [-0.1, -0.05) is 49.3 Å². The molecule has 2 fully saturated rings. The van der Waals surface area contributed by atoms with Gasteiger partial charge in [0.25, 0.3) is 0 Å². The zero-order valence-electron chi connectivity index (χ0n) is 17.6. The standard InChI is InChI=1S/C26H27N3O2/c27-17-23-26(24(18-30)29(23)25(31)16-22-8-4-5-15-28-22)21-13-11-20(12-14-21)10-9-19-6-2-1-3-7-19/h4-5,8,11-15,19,23-24,26,30H,1-3,6-7,16,18H2/t23-,24-,26-/m0/s1. The van der Waals surface area contributed by atoms with Crippen LogP contribution in [-0.4, -0.2) is 39.6 Å². The van der Waals surface area contributed by atoms with Gasteiger partial charge in [-0.2, -0.15) is 5.26 Å². The Labute approximate surface area is 183 Å². The lowest BCUT2D eigenvalue weighted by Gasteiger charge is -2.51. The number of nitriles is 1. The Kier molecular flexibility index (Phi) is 6.65. The molecule has 5 nitrogen and oxygen atoms in total. The third-order valence-corrected chi connectivity index (χ3v) is 6.40. The van der Waals surface area contributed by atoms with Crippen molar-refractivity contribution in [2.24, 2.45) is 5.92 Å². The van der Waals surface area contributed by atoms with Crippen molar-refractivity contribution in [2.75, 3.05) is 6.61 Å². The maximum absolute atomic E-state index is 12.8. The number of aliphatic hydroxyl groups excluding tert-OH is 1. The van der Waals surface area contributed by atoms with E-state index in [4.69, 9.17) is 0 Å². The molecule has 0 bridgehead atoms. The highest BCUT2D eigenvalue weighted by molar-refractivity contribution is 5.81. The number of nitrogens with zero attached hydrogens (tertiary/aromatic N) is 3. The Morgan fingerprint density at radius 2 is 1.90 bits per heavy atom. The Balaban J connectivity index is 1.45. The number of carbonyl (C=O) groups is 1. The fraction of sp³-hybridized carbons (Fsp3) is 0.423. The molecule has 1 saturated carbocycles. The van der Waals surface area contributed by atoms with Gasteiger partial charge in [-0.15, -0.1) is 0 Å². The van der Waals surface area contributed by atoms with Crippen molar-refractivity contribution in [2.45, 2.75) is 56.5 Å². The van der Waals surface area contributed by atoms with Crippen LogP contribution in [0.4, 0.5) is 0 Å². The van der Waals surface area contributed by atoms with Crippen LogP contribution in [0.3, 0.4) is 0 Å². The quantitative estimate of drug-likeness (QED) is 0.779. The van der Waals surface area contributed by atoms with Crippen LogP contribution in [0.25, 0.3) is 0 Å². The van der Waals surface area contributed by atoms with Crippen LogP contribution in [-0.2, 0) is 11.2 Å². The summed E-state index contributed by atoms with van der Waals surface area (Å²) >= 11 is 0. The number of benzene rings is 1. The van der Waals surface area contributed by atoms with Crippen molar-refractivity contribution < 1.29 is 9.90 Å². The number of pyridine rings is 1. The van der Waals surface area contributed by atoms with Crippen LogP contribution in [0.5, 0.6) is 0 Å². The van der Waals surface area contributed by atoms with E-state index in [0.717, 1.165) is 11.1 Å². The molecular weight excluding hydrogens is 386 g/mol. The van der Waals surface area contributed by atoms with E-state index in [0.29, 0.717) is 11.6 Å². The molecule has 0 unspecified atom stereocenters. The average Bonchev–Trinajstić information content (AvgIpc) is 2.80. The van der Waals surface area contributed by atoms with E-state index in [2.05, 4.69) is 22.9 Å². The smallest absolute Gasteiger partial charge is 0.230 e. The van der Waals surface area contributed by atoms with Crippen molar-refractivity contribution in [1.29, 1.82) is 5.26 Å². The summed E-state index contributed by atoms with van der Waals surface area (Å²) in [6.07, 6.45) is 8.02. The van der Waals surface area contributed by atoms with Crippen LogP contribution in [0.2, 0.25) is 0 Å². The van der Waals surface area contributed by atoms with Crippen molar-refractivity contribution in [3.63, 3.8) is 0 Å². The van der Waals surface area contributed by atoms with Crippen LogP contribution in [0.15, 0.2) is 48.7 Å². The highest BCUT2D eigenvalue weighted by atomic mass is 16.3. The van der Waals surface area contributed by atoms with Gasteiger partial charge in [0.1, 0.15) is 6.04 Å². The molecule has 2 aromatic rings. The number of rotatable bonds is 4. The van der Waals surface area contributed by atoms with Crippen molar-refractivity contribution >= 4 is 5.91 Å². The monoisotopic (exact) mass is 413 g/mol. The SMILES string of the molecule is N#C[C@H]1[C@H](c2ccc(C#CC3CCCCC3)cc2)[C@H](CO)N1C(=O)Cc1ccccn1. The summed E-state index contributed by atoms with van der Waals surface area (Å²) in [5.41, 5.74) is 2.58. The zero-order chi connectivity index (χ0) is 21.6. The van der Waals surface area contributed by atoms with Crippen LogP contribution in [0.1, 0.15) is 54.8 Å². The first kappa shape index (κ1) is 21.1. The zero-order valence-corrected chi connectivity index (χ0v) is 17.6. The maximum atomic E-state index is 12.8. The third kappa shape index (κ3) is 4.63. The highest BCUT2D eigenvalue weighted by Crippen LogP contribution is 2.40. The summed E-state index contributed by atoms with van der Waals surface area (Å²) < 4.78 is 0. The molecule has 4 rings (SSSR count). The summed E-state index contributed by atoms with van der Waals surface area (Å²) in [4.78, 5) is 18.5. The average molecular weight is 414 g/mol. The Morgan fingerprint density at radius 1 is 1.13 bits per heavy atom. The molecule has 1 aromatic carbocycles. The largest absolute Gasteiger partial charge is 0.394 e. The molecule has 2 aliphatic rings. The molecule has 1 aromatic heterocycles. The lowest BCUT2D eigenvalue weighted by atomic mass is 9.75. The lowest BCUT2D eigenvalue weighted by molar-refractivity contribution is -0.146. The van der Waals surface area contributed by atoms with Gasteiger partial charge in [-0.3, -0.25) is 9.78 Å². The fourth-order valence-electron chi connectivity index (χ4n) is 4.72. The van der Waals surface area contributed by atoms with Crippen LogP contribution in [0, 0.1) is 29.1 Å². The van der Waals surface area contributed by atoms with Crippen LogP contribution < -0.4 is 0 Å². The molecule has 1 aliphatic heterocycles. The maximum Gasteiger partial charge on any atom is 0.230 e. The van der Waals surface area contributed by atoms with E-state index in [-0.39, 0.29) is 24.9 Å². The number of hydrogen-bond donors (Lipinski definition) is 1. The second kappa shape index (κ2) is 9.77. The molecule has 0 radical (unpaired) electrons. The van der Waals surface area contributed by atoms with Gasteiger partial charge < -0.3 is 10.0 Å². The van der Waals surface area contributed by atoms with Gasteiger partial charge in [0.05, 0.1) is 25.1 Å². The van der Waals surface area contributed by atoms with Gasteiger partial charge in [-0.05, 0) is 42.7 Å². The predicted molar refractivity (Wildman–Crippen MR) is 118 cm³/mol. The molecule has 1 saturated heterocycles. The lowest BCUT2D eigenvalue weighted by Crippen LogP contribution is -2.65. The number of aromatic nitrogens is 1. The number of aliphatic hydroxyl groups is 1. The minimum Gasteiger partial charge on any atom is -0.394 e. The van der Waals surface area contributed by atoms with Gasteiger partial charge in [-0.25, -0.2) is 0 Å². The van der Waals surface area contributed by atoms with E-state index >= 15 is 0 Å². The summed E-state index contributed by atoms with van der Waals surface area (Å²) in [5.74, 6) is 6.79. The molecule has 158 valence electrons. The van der Waals surface area contributed by atoms with E-state index in [1.807, 2.05) is 30.3 Å². The molecule has 1 aliphatic carbocycles. The minimum absolute atomic E-state index is 0.123. The number of hydrogen-bond acceptors (Lipinski definition) is 4. The molecule has 1 amide bonds. The normalized spacial score (nSPS) is 23.2. The van der Waals surface area contributed by atoms with Gasteiger partial charge in [0, 0.05) is 29.3 Å². The number of likely N-dealkylation sites (tertiary alicyclic amines) is 1. The number of carbonyl (C=O) groups excluding carboxylic acids is 1. The minimum atomic E-state index is -0.590. The first-order valence-electron chi connectivity index (χ1n) is 11.0. The van der Waals surface area contributed by atoms with Crippen LogP contribution >= 0.6 is 0 Å². The summed E-state index contributed by atoms with van der Waals surface area (Å²) in [7, 11) is 0. The molecule has 2 heterocycles. The molecular formula is C26H27N3O2. The summed E-state index contributed by atoms with van der Waals surface area (Å²) in [6, 6.07) is 14.6. The molecule has 3 atom stereocenters. The second-order valence-corrected chi connectivity index (χ2v) is 8.37. The highest BCUT2D eigenvalue weighted by Gasteiger charge is 2.51. The Morgan fingerprint density at radius 3 is 2.55 bits per heavy atom. The van der Waals surface area contributed by atoms with Gasteiger partial charge in [0.15, 0.2) is 0 Å². The number of amides is 1. The molecule has 0 spiro atoms. The molecule has 31 heavy (non-hydrogen) atoms. The summed E-state index contributed by atoms with van der Waals surface area (Å²) in [6.45, 7) is -0.181. The Bertz CT molecular complexity index is 995. The topological polar surface area (TPSA) is 77.2 Å². The molecule has 5 heteroatoms. The second-order valence-electron chi connectivity index (χ2n) is 8.37.